The van der Waals surface area contributed by atoms with Gasteiger partial charge in [0.1, 0.15) is 5.75 Å². The maximum atomic E-state index is 13.0. The Morgan fingerprint density at radius 2 is 1.85 bits per heavy atom. The lowest BCUT2D eigenvalue weighted by Gasteiger charge is -2.26. The summed E-state index contributed by atoms with van der Waals surface area (Å²) in [6.45, 7) is 1.28. The van der Waals surface area contributed by atoms with E-state index in [1.807, 2.05) is 0 Å². The molecule has 1 saturated heterocycles. The molecular formula is C22H25ClN2O7S. The number of halogens is 1. The predicted octanol–water partition coefficient (Wildman–Crippen LogP) is 2.73. The molecule has 11 heteroatoms. The Hall–Kier alpha value is -2.66. The number of sulfonamides is 1. The normalized spacial score (nSPS) is 14.5. The molecule has 0 spiro atoms. The Kier molecular flexibility index (Phi) is 8.30. The van der Waals surface area contributed by atoms with Gasteiger partial charge in [-0.05, 0) is 48.4 Å². The third-order valence-electron chi connectivity index (χ3n) is 5.14. The van der Waals surface area contributed by atoms with Crippen LogP contribution in [0.4, 0.5) is 5.69 Å². The van der Waals surface area contributed by atoms with E-state index in [0.717, 1.165) is 0 Å². The number of ether oxygens (including phenoxy) is 3. The van der Waals surface area contributed by atoms with Crippen molar-refractivity contribution in [3.8, 4) is 5.75 Å². The molecule has 0 aromatic heterocycles. The molecule has 0 bridgehead atoms. The maximum absolute atomic E-state index is 13.0. The average molecular weight is 497 g/mol. The van der Waals surface area contributed by atoms with Crippen molar-refractivity contribution in [2.75, 3.05) is 45.8 Å². The summed E-state index contributed by atoms with van der Waals surface area (Å²) in [6, 6.07) is 9.02. The molecule has 2 aromatic carbocycles. The first kappa shape index (κ1) is 25.0. The number of methoxy groups -OCH3 is 2. The SMILES string of the molecule is COC(=O)c1ccc(Cl)c(NC(=O)CCc2cc(S(=O)(=O)N3CCOCC3)ccc2OC)c1. The summed E-state index contributed by atoms with van der Waals surface area (Å²) >= 11 is 6.13. The Balaban J connectivity index is 1.73. The number of rotatable bonds is 8. The van der Waals surface area contributed by atoms with Crippen LogP contribution in [0, 0.1) is 0 Å². The number of hydrogen-bond donors (Lipinski definition) is 1. The molecular weight excluding hydrogens is 472 g/mol. The Morgan fingerprint density at radius 3 is 2.52 bits per heavy atom. The first-order chi connectivity index (χ1) is 15.8. The van der Waals surface area contributed by atoms with Crippen LogP contribution >= 0.6 is 11.6 Å². The zero-order chi connectivity index (χ0) is 24.0. The number of amides is 1. The largest absolute Gasteiger partial charge is 0.496 e. The topological polar surface area (TPSA) is 111 Å². The van der Waals surface area contributed by atoms with Gasteiger partial charge in [-0.1, -0.05) is 11.6 Å². The molecule has 1 amide bonds. The van der Waals surface area contributed by atoms with Gasteiger partial charge < -0.3 is 19.5 Å². The zero-order valence-corrected chi connectivity index (χ0v) is 19.9. The second kappa shape index (κ2) is 11.0. The Bertz CT molecular complexity index is 1130. The summed E-state index contributed by atoms with van der Waals surface area (Å²) in [7, 11) is -0.943. The zero-order valence-electron chi connectivity index (χ0n) is 18.3. The van der Waals surface area contributed by atoms with Gasteiger partial charge in [0.15, 0.2) is 0 Å². The summed E-state index contributed by atoms with van der Waals surface area (Å²) in [6.07, 6.45) is 0.270. The summed E-state index contributed by atoms with van der Waals surface area (Å²) < 4.78 is 42.6. The minimum absolute atomic E-state index is 0.0379. The molecule has 178 valence electrons. The number of carbonyl (C=O) groups is 2. The molecule has 1 fully saturated rings. The fourth-order valence-electron chi connectivity index (χ4n) is 3.37. The van der Waals surface area contributed by atoms with Crippen molar-refractivity contribution in [1.29, 1.82) is 0 Å². The van der Waals surface area contributed by atoms with Gasteiger partial charge in [-0.2, -0.15) is 4.31 Å². The van der Waals surface area contributed by atoms with E-state index in [2.05, 4.69) is 10.1 Å². The highest BCUT2D eigenvalue weighted by Crippen LogP contribution is 2.27. The lowest BCUT2D eigenvalue weighted by molar-refractivity contribution is -0.116. The Morgan fingerprint density at radius 1 is 1.12 bits per heavy atom. The second-order valence-corrected chi connectivity index (χ2v) is 9.57. The van der Waals surface area contributed by atoms with Crippen LogP contribution in [0.15, 0.2) is 41.3 Å². The first-order valence-electron chi connectivity index (χ1n) is 10.2. The molecule has 33 heavy (non-hydrogen) atoms. The van der Waals surface area contributed by atoms with Gasteiger partial charge in [-0.15, -0.1) is 0 Å². The van der Waals surface area contributed by atoms with E-state index in [-0.39, 0.29) is 53.0 Å². The van der Waals surface area contributed by atoms with Crippen molar-refractivity contribution in [3.63, 3.8) is 0 Å². The molecule has 1 heterocycles. The molecule has 1 aliphatic heterocycles. The predicted molar refractivity (Wildman–Crippen MR) is 122 cm³/mol. The number of aryl methyl sites for hydroxylation is 1. The van der Waals surface area contributed by atoms with E-state index in [0.29, 0.717) is 24.5 Å². The highest BCUT2D eigenvalue weighted by atomic mass is 35.5. The van der Waals surface area contributed by atoms with Crippen molar-refractivity contribution >= 4 is 39.2 Å². The number of nitrogens with zero attached hydrogens (tertiary/aromatic N) is 1. The van der Waals surface area contributed by atoms with Crippen LogP contribution in [-0.4, -0.2) is 65.1 Å². The van der Waals surface area contributed by atoms with Crippen molar-refractivity contribution in [1.82, 2.24) is 4.31 Å². The van der Waals surface area contributed by atoms with Crippen LogP contribution in [0.2, 0.25) is 5.02 Å². The monoisotopic (exact) mass is 496 g/mol. The standard InChI is InChI=1S/C22H25ClN2O7S/c1-30-20-7-5-17(33(28,29)25-9-11-32-12-10-25)13-15(20)4-8-21(26)24-19-14-16(22(27)31-2)3-6-18(19)23/h3,5-7,13-14H,4,8-12H2,1-2H3,(H,24,26). The summed E-state index contributed by atoms with van der Waals surface area (Å²) in [5.41, 5.74) is 1.11. The van der Waals surface area contributed by atoms with E-state index in [4.69, 9.17) is 21.1 Å². The summed E-state index contributed by atoms with van der Waals surface area (Å²) in [4.78, 5) is 24.4. The van der Waals surface area contributed by atoms with Gasteiger partial charge in [0, 0.05) is 19.5 Å². The number of hydrogen-bond acceptors (Lipinski definition) is 7. The fraction of sp³-hybridized carbons (Fsp3) is 0.364. The van der Waals surface area contributed by atoms with E-state index >= 15 is 0 Å². The van der Waals surface area contributed by atoms with Crippen LogP contribution in [0.25, 0.3) is 0 Å². The van der Waals surface area contributed by atoms with Crippen molar-refractivity contribution < 1.29 is 32.2 Å². The third kappa shape index (κ3) is 6.02. The number of nitrogens with one attached hydrogen (secondary N) is 1. The Labute approximate surface area is 197 Å². The number of anilines is 1. The fourth-order valence-corrected chi connectivity index (χ4v) is 5.00. The van der Waals surface area contributed by atoms with Gasteiger partial charge in [-0.25, -0.2) is 13.2 Å². The number of esters is 1. The van der Waals surface area contributed by atoms with Crippen LogP contribution < -0.4 is 10.1 Å². The van der Waals surface area contributed by atoms with Gasteiger partial charge in [0.2, 0.25) is 15.9 Å². The molecule has 0 saturated carbocycles. The number of morpholine rings is 1. The van der Waals surface area contributed by atoms with Crippen LogP contribution in [-0.2, 0) is 30.7 Å². The highest BCUT2D eigenvalue weighted by molar-refractivity contribution is 7.89. The van der Waals surface area contributed by atoms with E-state index in [9.17, 15) is 18.0 Å². The van der Waals surface area contributed by atoms with Gasteiger partial charge in [0.25, 0.3) is 0 Å². The molecule has 0 unspecified atom stereocenters. The quantitative estimate of drug-likeness (QED) is 0.559. The summed E-state index contributed by atoms with van der Waals surface area (Å²) in [5, 5.41) is 2.94. The average Bonchev–Trinajstić information content (AvgIpc) is 2.83. The van der Waals surface area contributed by atoms with Crippen molar-refractivity contribution in [3.05, 3.63) is 52.5 Å². The molecule has 9 nitrogen and oxygen atoms in total. The molecule has 1 N–H and O–H groups in total. The smallest absolute Gasteiger partial charge is 0.337 e. The van der Waals surface area contributed by atoms with E-state index in [1.165, 1.54) is 48.9 Å². The lowest BCUT2D eigenvalue weighted by atomic mass is 10.1. The lowest BCUT2D eigenvalue weighted by Crippen LogP contribution is -2.40. The number of benzene rings is 2. The molecule has 3 rings (SSSR count). The minimum Gasteiger partial charge on any atom is -0.496 e. The highest BCUT2D eigenvalue weighted by Gasteiger charge is 2.27. The van der Waals surface area contributed by atoms with E-state index in [1.54, 1.807) is 6.07 Å². The first-order valence-corrected chi connectivity index (χ1v) is 12.0. The van der Waals surface area contributed by atoms with Crippen LogP contribution in [0.1, 0.15) is 22.3 Å². The van der Waals surface area contributed by atoms with Gasteiger partial charge >= 0.3 is 5.97 Å². The number of carbonyl (C=O) groups excluding carboxylic acids is 2. The second-order valence-electron chi connectivity index (χ2n) is 7.22. The van der Waals surface area contributed by atoms with Crippen molar-refractivity contribution in [2.45, 2.75) is 17.7 Å². The molecule has 0 radical (unpaired) electrons. The minimum atomic E-state index is -3.68. The molecule has 0 aliphatic carbocycles. The van der Waals surface area contributed by atoms with Gasteiger partial charge in [-0.3, -0.25) is 4.79 Å². The molecule has 1 aliphatic rings. The van der Waals surface area contributed by atoms with Crippen molar-refractivity contribution in [2.24, 2.45) is 0 Å². The maximum Gasteiger partial charge on any atom is 0.337 e. The van der Waals surface area contributed by atoms with E-state index < -0.39 is 16.0 Å². The van der Waals surface area contributed by atoms with Gasteiger partial charge in [0.05, 0.1) is 48.6 Å². The molecule has 2 aromatic rings. The third-order valence-corrected chi connectivity index (χ3v) is 7.37. The van der Waals surface area contributed by atoms with Crippen LogP contribution in [0.5, 0.6) is 5.75 Å². The van der Waals surface area contributed by atoms with Crippen LogP contribution in [0.3, 0.4) is 0 Å². The summed E-state index contributed by atoms with van der Waals surface area (Å²) in [5.74, 6) is -0.429. The molecule has 0 atom stereocenters.